The minimum atomic E-state index is -0.474. The van der Waals surface area contributed by atoms with Crippen LogP contribution in [0.25, 0.3) is 11.0 Å². The molecule has 1 unspecified atom stereocenters. The molecular formula is C21H24N2O3. The molecule has 0 saturated carbocycles. The van der Waals surface area contributed by atoms with Crippen molar-refractivity contribution >= 4 is 16.9 Å². The number of nitrogens with one attached hydrogen (secondary N) is 1. The first kappa shape index (κ1) is 18.1. The Hall–Kier alpha value is -2.66. The van der Waals surface area contributed by atoms with E-state index in [1.807, 2.05) is 63.2 Å². The fraction of sp³-hybridized carbons (Fsp3) is 0.333. The van der Waals surface area contributed by atoms with Crippen LogP contribution in [0, 0.1) is 0 Å². The van der Waals surface area contributed by atoms with Gasteiger partial charge in [0.1, 0.15) is 16.9 Å². The largest absolute Gasteiger partial charge is 0.460 e. The molecular weight excluding hydrogens is 328 g/mol. The number of fused-ring (bicyclic) bond motifs is 1. The predicted octanol–water partition coefficient (Wildman–Crippen LogP) is 4.24. The second-order valence-corrected chi connectivity index (χ2v) is 7.20. The number of ether oxygens (including phenoxy) is 1. The van der Waals surface area contributed by atoms with Gasteiger partial charge in [0.05, 0.1) is 12.5 Å². The van der Waals surface area contributed by atoms with E-state index in [-0.39, 0.29) is 18.4 Å². The maximum Gasteiger partial charge on any atom is 0.307 e. The van der Waals surface area contributed by atoms with Crippen LogP contribution in [0.3, 0.4) is 0 Å². The van der Waals surface area contributed by atoms with E-state index in [1.54, 1.807) is 12.4 Å². The molecule has 2 heterocycles. The van der Waals surface area contributed by atoms with Crippen molar-refractivity contribution in [2.75, 3.05) is 6.54 Å². The zero-order valence-electron chi connectivity index (χ0n) is 15.4. The van der Waals surface area contributed by atoms with Crippen LogP contribution in [0.15, 0.2) is 59.3 Å². The zero-order valence-corrected chi connectivity index (χ0v) is 15.4. The average molecular weight is 352 g/mol. The number of carbonyl (C=O) groups excluding carboxylic acids is 1. The first-order chi connectivity index (χ1) is 12.4. The Bertz CT molecular complexity index is 833. The van der Waals surface area contributed by atoms with Crippen LogP contribution in [-0.2, 0) is 9.53 Å². The maximum absolute atomic E-state index is 12.0. The molecule has 0 aliphatic heterocycles. The number of pyridine rings is 1. The Kier molecular flexibility index (Phi) is 5.38. The standard InChI is InChI=1S/C21H24N2O3/c1-21(2,3)26-19(24)10-12-23-20(16-8-6-11-22-14-16)18-13-15-7-4-5-9-17(15)25-18/h4-9,11,13-14,20,23H,10,12H2,1-3H3. The van der Waals surface area contributed by atoms with E-state index in [9.17, 15) is 4.79 Å². The van der Waals surface area contributed by atoms with Gasteiger partial charge in [0.15, 0.2) is 0 Å². The van der Waals surface area contributed by atoms with Gasteiger partial charge >= 0.3 is 5.97 Å². The molecule has 26 heavy (non-hydrogen) atoms. The van der Waals surface area contributed by atoms with Crippen molar-refractivity contribution in [3.05, 3.63) is 66.2 Å². The molecule has 1 aromatic carbocycles. The Morgan fingerprint density at radius 3 is 2.73 bits per heavy atom. The summed E-state index contributed by atoms with van der Waals surface area (Å²) in [6.45, 7) is 6.08. The van der Waals surface area contributed by atoms with Gasteiger partial charge in [-0.15, -0.1) is 0 Å². The van der Waals surface area contributed by atoms with Gasteiger partial charge in [-0.1, -0.05) is 24.3 Å². The molecule has 3 rings (SSSR count). The van der Waals surface area contributed by atoms with Crippen molar-refractivity contribution in [1.29, 1.82) is 0 Å². The molecule has 1 N–H and O–H groups in total. The molecule has 1 atom stereocenters. The quantitative estimate of drug-likeness (QED) is 0.672. The lowest BCUT2D eigenvalue weighted by atomic mass is 10.1. The number of nitrogens with zero attached hydrogens (tertiary/aromatic N) is 1. The highest BCUT2D eigenvalue weighted by Crippen LogP contribution is 2.28. The molecule has 136 valence electrons. The van der Waals surface area contributed by atoms with Gasteiger partial charge in [-0.2, -0.15) is 0 Å². The summed E-state index contributed by atoms with van der Waals surface area (Å²) in [6.07, 6.45) is 3.83. The number of para-hydroxylation sites is 1. The fourth-order valence-corrected chi connectivity index (χ4v) is 2.79. The van der Waals surface area contributed by atoms with E-state index in [0.29, 0.717) is 6.54 Å². The molecule has 3 aromatic rings. The highest BCUT2D eigenvalue weighted by atomic mass is 16.6. The molecule has 5 heteroatoms. The zero-order chi connectivity index (χ0) is 18.6. The molecule has 0 aliphatic carbocycles. The maximum atomic E-state index is 12.0. The second-order valence-electron chi connectivity index (χ2n) is 7.20. The summed E-state index contributed by atoms with van der Waals surface area (Å²) in [5.41, 5.74) is 1.35. The van der Waals surface area contributed by atoms with E-state index < -0.39 is 5.60 Å². The highest BCUT2D eigenvalue weighted by Gasteiger charge is 2.20. The van der Waals surface area contributed by atoms with E-state index in [1.165, 1.54) is 0 Å². The summed E-state index contributed by atoms with van der Waals surface area (Å²) >= 11 is 0. The molecule has 0 bridgehead atoms. The summed E-state index contributed by atoms with van der Waals surface area (Å²) in [6, 6.07) is 13.6. The molecule has 0 amide bonds. The monoisotopic (exact) mass is 352 g/mol. The van der Waals surface area contributed by atoms with Crippen LogP contribution in [0.4, 0.5) is 0 Å². The first-order valence-corrected chi connectivity index (χ1v) is 8.76. The highest BCUT2D eigenvalue weighted by molar-refractivity contribution is 5.78. The number of esters is 1. The summed E-state index contributed by atoms with van der Waals surface area (Å²) < 4.78 is 11.4. The van der Waals surface area contributed by atoms with Crippen LogP contribution in [-0.4, -0.2) is 23.1 Å². The number of rotatable bonds is 6. The summed E-state index contributed by atoms with van der Waals surface area (Å²) in [4.78, 5) is 16.2. The number of carbonyl (C=O) groups is 1. The molecule has 0 spiro atoms. The Labute approximate surface area is 153 Å². The molecule has 2 aromatic heterocycles. The molecule has 0 saturated heterocycles. The smallest absolute Gasteiger partial charge is 0.307 e. The normalized spacial score (nSPS) is 12.9. The summed E-state index contributed by atoms with van der Waals surface area (Å²) in [7, 11) is 0. The molecule has 5 nitrogen and oxygen atoms in total. The Balaban J connectivity index is 1.75. The first-order valence-electron chi connectivity index (χ1n) is 8.76. The third-order valence-electron chi connectivity index (χ3n) is 3.84. The van der Waals surface area contributed by atoms with Gasteiger partial charge in [0, 0.05) is 24.3 Å². The number of benzene rings is 1. The minimum absolute atomic E-state index is 0.182. The van der Waals surface area contributed by atoms with Gasteiger partial charge in [0.2, 0.25) is 0 Å². The van der Waals surface area contributed by atoms with Crippen molar-refractivity contribution in [2.45, 2.75) is 38.8 Å². The lowest BCUT2D eigenvalue weighted by Gasteiger charge is -2.20. The van der Waals surface area contributed by atoms with E-state index in [4.69, 9.17) is 9.15 Å². The Morgan fingerprint density at radius 2 is 2.04 bits per heavy atom. The third-order valence-corrected chi connectivity index (χ3v) is 3.84. The van der Waals surface area contributed by atoms with Crippen LogP contribution in [0.1, 0.15) is 44.6 Å². The van der Waals surface area contributed by atoms with Gasteiger partial charge in [-0.3, -0.25) is 9.78 Å². The lowest BCUT2D eigenvalue weighted by molar-refractivity contribution is -0.154. The third kappa shape index (κ3) is 4.70. The minimum Gasteiger partial charge on any atom is -0.460 e. The molecule has 0 aliphatic rings. The lowest BCUT2D eigenvalue weighted by Crippen LogP contribution is -2.29. The van der Waals surface area contributed by atoms with Gasteiger partial charge in [0.25, 0.3) is 0 Å². The number of furan rings is 1. The molecule has 0 fully saturated rings. The summed E-state index contributed by atoms with van der Waals surface area (Å²) in [5, 5.41) is 4.44. The van der Waals surface area contributed by atoms with Gasteiger partial charge in [-0.25, -0.2) is 0 Å². The number of hydrogen-bond donors (Lipinski definition) is 1. The summed E-state index contributed by atoms with van der Waals surface area (Å²) in [5.74, 6) is 0.572. The molecule has 0 radical (unpaired) electrons. The number of hydrogen-bond acceptors (Lipinski definition) is 5. The van der Waals surface area contributed by atoms with E-state index in [2.05, 4.69) is 10.3 Å². The van der Waals surface area contributed by atoms with E-state index >= 15 is 0 Å². The van der Waals surface area contributed by atoms with E-state index in [0.717, 1.165) is 22.3 Å². The van der Waals surface area contributed by atoms with Crippen LogP contribution in [0.5, 0.6) is 0 Å². The van der Waals surface area contributed by atoms with Crippen LogP contribution >= 0.6 is 0 Å². The topological polar surface area (TPSA) is 64.4 Å². The average Bonchev–Trinajstić information content (AvgIpc) is 3.01. The number of aromatic nitrogens is 1. The van der Waals surface area contributed by atoms with Crippen molar-refractivity contribution in [3.63, 3.8) is 0 Å². The van der Waals surface area contributed by atoms with Crippen LogP contribution in [0.2, 0.25) is 0 Å². The van der Waals surface area contributed by atoms with Crippen molar-refractivity contribution in [2.24, 2.45) is 0 Å². The predicted molar refractivity (Wildman–Crippen MR) is 101 cm³/mol. The fourth-order valence-electron chi connectivity index (χ4n) is 2.79. The van der Waals surface area contributed by atoms with Gasteiger partial charge in [-0.05, 0) is 44.5 Å². The van der Waals surface area contributed by atoms with Gasteiger partial charge < -0.3 is 14.5 Å². The second kappa shape index (κ2) is 7.70. The Morgan fingerprint density at radius 1 is 1.23 bits per heavy atom. The van der Waals surface area contributed by atoms with Crippen molar-refractivity contribution in [3.8, 4) is 0 Å². The van der Waals surface area contributed by atoms with Crippen molar-refractivity contribution < 1.29 is 13.9 Å². The van der Waals surface area contributed by atoms with Crippen LogP contribution < -0.4 is 5.32 Å². The SMILES string of the molecule is CC(C)(C)OC(=O)CCNC(c1cccnc1)c1cc2ccccc2o1. The van der Waals surface area contributed by atoms with Crippen molar-refractivity contribution in [1.82, 2.24) is 10.3 Å².